The van der Waals surface area contributed by atoms with Gasteiger partial charge < -0.3 is 4.98 Å². The van der Waals surface area contributed by atoms with Gasteiger partial charge in [0.1, 0.15) is 0 Å². The van der Waals surface area contributed by atoms with Crippen LogP contribution in [0.4, 0.5) is 0 Å². The summed E-state index contributed by atoms with van der Waals surface area (Å²) in [6.07, 6.45) is 7.22. The number of H-pyrrole nitrogens is 1. The Morgan fingerprint density at radius 3 is 2.84 bits per heavy atom. The Morgan fingerprint density at radius 1 is 0.895 bits per heavy atom. The molecule has 0 aromatic carbocycles. The number of hydrogen-bond donors (Lipinski definition) is 1. The largest absolute Gasteiger partial charge is 0.353 e. The van der Waals surface area contributed by atoms with Gasteiger partial charge in [0.25, 0.3) is 0 Å². The third-order valence-corrected chi connectivity index (χ3v) is 3.19. The number of nitrogens with zero attached hydrogens (tertiary/aromatic N) is 3. The fourth-order valence-electron chi connectivity index (χ4n) is 2.24. The Morgan fingerprint density at radius 2 is 1.89 bits per heavy atom. The first kappa shape index (κ1) is 10.2. The molecular formula is C15H10N4. The van der Waals surface area contributed by atoms with Gasteiger partial charge in [0.15, 0.2) is 5.65 Å². The molecule has 0 saturated heterocycles. The van der Waals surface area contributed by atoms with Crippen molar-refractivity contribution in [1.29, 1.82) is 0 Å². The molecule has 0 spiro atoms. The number of hydrogen-bond acceptors (Lipinski definition) is 3. The Bertz CT molecular complexity index is 846. The summed E-state index contributed by atoms with van der Waals surface area (Å²) in [5.74, 6) is 0. The minimum absolute atomic E-state index is 0.768. The van der Waals surface area contributed by atoms with Gasteiger partial charge in [-0.05, 0) is 30.3 Å². The second kappa shape index (κ2) is 3.88. The van der Waals surface area contributed by atoms with Crippen LogP contribution in [0.15, 0.2) is 55.1 Å². The highest BCUT2D eigenvalue weighted by Gasteiger charge is 2.05. The molecule has 4 aromatic heterocycles. The smallest absolute Gasteiger partial charge is 0.159 e. The lowest BCUT2D eigenvalue weighted by atomic mass is 10.1. The number of rotatable bonds is 1. The van der Waals surface area contributed by atoms with Gasteiger partial charge in [0, 0.05) is 40.6 Å². The second-order valence-electron chi connectivity index (χ2n) is 4.42. The van der Waals surface area contributed by atoms with E-state index in [1.54, 1.807) is 12.4 Å². The van der Waals surface area contributed by atoms with Crippen molar-refractivity contribution in [3.05, 3.63) is 55.1 Å². The zero-order valence-electron chi connectivity index (χ0n) is 10.0. The zero-order valence-corrected chi connectivity index (χ0v) is 10.0. The maximum Gasteiger partial charge on any atom is 0.159 e. The summed E-state index contributed by atoms with van der Waals surface area (Å²) in [5, 5.41) is 2.19. The molecule has 90 valence electrons. The summed E-state index contributed by atoms with van der Waals surface area (Å²) in [6, 6.07) is 10.1. The van der Waals surface area contributed by atoms with E-state index in [-0.39, 0.29) is 0 Å². The summed E-state index contributed by atoms with van der Waals surface area (Å²) in [4.78, 5) is 16.1. The third kappa shape index (κ3) is 1.65. The molecule has 4 heteroatoms. The molecule has 4 rings (SSSR count). The molecule has 4 nitrogen and oxygen atoms in total. The van der Waals surface area contributed by atoms with Gasteiger partial charge in [-0.25, -0.2) is 9.97 Å². The minimum atomic E-state index is 0.768. The van der Waals surface area contributed by atoms with Crippen molar-refractivity contribution >= 4 is 21.9 Å². The second-order valence-corrected chi connectivity index (χ2v) is 4.42. The fourth-order valence-corrected chi connectivity index (χ4v) is 2.24. The van der Waals surface area contributed by atoms with Crippen LogP contribution in [-0.4, -0.2) is 19.9 Å². The Labute approximate surface area is 109 Å². The van der Waals surface area contributed by atoms with E-state index in [9.17, 15) is 0 Å². The van der Waals surface area contributed by atoms with Gasteiger partial charge in [0.2, 0.25) is 0 Å². The molecule has 0 unspecified atom stereocenters. The molecule has 0 aliphatic carbocycles. The number of fused-ring (bicyclic) bond motifs is 2. The summed E-state index contributed by atoms with van der Waals surface area (Å²) >= 11 is 0. The van der Waals surface area contributed by atoms with Crippen molar-refractivity contribution in [2.45, 2.75) is 0 Å². The molecule has 1 N–H and O–H groups in total. The van der Waals surface area contributed by atoms with Crippen LogP contribution in [0.5, 0.6) is 0 Å². The van der Waals surface area contributed by atoms with E-state index in [0.29, 0.717) is 0 Å². The molecule has 0 aliphatic heterocycles. The van der Waals surface area contributed by atoms with Crippen molar-refractivity contribution in [2.24, 2.45) is 0 Å². The molecule has 0 radical (unpaired) electrons. The molecule has 0 fully saturated rings. The number of aromatic nitrogens is 4. The highest BCUT2D eigenvalue weighted by molar-refractivity contribution is 5.87. The lowest BCUT2D eigenvalue weighted by molar-refractivity contribution is 1.28. The van der Waals surface area contributed by atoms with Gasteiger partial charge in [-0.1, -0.05) is 0 Å². The molecule has 0 saturated carbocycles. The minimum Gasteiger partial charge on any atom is -0.353 e. The number of nitrogens with one attached hydrogen (secondary N) is 1. The first-order valence-electron chi connectivity index (χ1n) is 6.04. The van der Waals surface area contributed by atoms with E-state index in [0.717, 1.165) is 33.2 Å². The van der Waals surface area contributed by atoms with Crippen LogP contribution >= 0.6 is 0 Å². The Balaban J connectivity index is 1.93. The summed E-state index contributed by atoms with van der Waals surface area (Å²) in [5.41, 5.74) is 3.89. The zero-order chi connectivity index (χ0) is 12.7. The van der Waals surface area contributed by atoms with Crippen molar-refractivity contribution in [3.8, 4) is 11.3 Å². The average Bonchev–Trinajstić information content (AvgIpc) is 2.90. The van der Waals surface area contributed by atoms with Gasteiger partial charge in [-0.15, -0.1) is 0 Å². The van der Waals surface area contributed by atoms with E-state index in [1.165, 1.54) is 0 Å². The Hall–Kier alpha value is -2.75. The van der Waals surface area contributed by atoms with Crippen LogP contribution in [0.25, 0.3) is 33.2 Å². The van der Waals surface area contributed by atoms with Crippen molar-refractivity contribution in [3.63, 3.8) is 0 Å². The standard InChI is InChI=1S/C15H10N4/c1-2-11-6-12(8-18-15(11)17-4-1)13-7-10-3-5-16-9-14(10)19-13/h1-9,19H. The normalized spacial score (nSPS) is 11.2. The molecule has 4 heterocycles. The molecule has 19 heavy (non-hydrogen) atoms. The summed E-state index contributed by atoms with van der Waals surface area (Å²) in [7, 11) is 0. The van der Waals surface area contributed by atoms with Gasteiger partial charge >= 0.3 is 0 Å². The van der Waals surface area contributed by atoms with Crippen LogP contribution in [0.1, 0.15) is 0 Å². The van der Waals surface area contributed by atoms with Crippen molar-refractivity contribution in [2.75, 3.05) is 0 Å². The quantitative estimate of drug-likeness (QED) is 0.561. The van der Waals surface area contributed by atoms with Gasteiger partial charge in [0.05, 0.1) is 11.7 Å². The Kier molecular flexibility index (Phi) is 2.08. The molecule has 0 aliphatic rings. The monoisotopic (exact) mass is 246 g/mol. The van der Waals surface area contributed by atoms with Crippen molar-refractivity contribution < 1.29 is 0 Å². The average molecular weight is 246 g/mol. The van der Waals surface area contributed by atoms with E-state index in [1.807, 2.05) is 30.6 Å². The summed E-state index contributed by atoms with van der Waals surface area (Å²) < 4.78 is 0. The fraction of sp³-hybridized carbons (Fsp3) is 0. The first-order valence-corrected chi connectivity index (χ1v) is 6.04. The third-order valence-electron chi connectivity index (χ3n) is 3.19. The van der Waals surface area contributed by atoms with Gasteiger partial charge in [-0.2, -0.15) is 0 Å². The number of pyridine rings is 3. The van der Waals surface area contributed by atoms with Crippen LogP contribution in [-0.2, 0) is 0 Å². The van der Waals surface area contributed by atoms with Crippen LogP contribution in [0, 0.1) is 0 Å². The maximum atomic E-state index is 4.38. The van der Waals surface area contributed by atoms with E-state index >= 15 is 0 Å². The lowest BCUT2D eigenvalue weighted by Crippen LogP contribution is -1.85. The van der Waals surface area contributed by atoms with E-state index in [2.05, 4.69) is 32.1 Å². The van der Waals surface area contributed by atoms with Crippen LogP contribution < -0.4 is 0 Å². The molecule has 4 aromatic rings. The lowest BCUT2D eigenvalue weighted by Gasteiger charge is -1.99. The predicted octanol–water partition coefficient (Wildman–Crippen LogP) is 3.17. The van der Waals surface area contributed by atoms with Crippen molar-refractivity contribution in [1.82, 2.24) is 19.9 Å². The molecule has 0 atom stereocenters. The maximum absolute atomic E-state index is 4.38. The highest BCUT2D eigenvalue weighted by Crippen LogP contribution is 2.24. The molecule has 0 amide bonds. The predicted molar refractivity (Wildman–Crippen MR) is 74.6 cm³/mol. The van der Waals surface area contributed by atoms with E-state index < -0.39 is 0 Å². The summed E-state index contributed by atoms with van der Waals surface area (Å²) in [6.45, 7) is 0. The molecule has 0 bridgehead atoms. The first-order chi connectivity index (χ1) is 9.40. The SMILES string of the molecule is c1cnc2ncc(-c3cc4ccncc4[nH]3)cc2c1. The van der Waals surface area contributed by atoms with Crippen LogP contribution in [0.3, 0.4) is 0 Å². The topological polar surface area (TPSA) is 54.5 Å². The highest BCUT2D eigenvalue weighted by atomic mass is 14.8. The van der Waals surface area contributed by atoms with Gasteiger partial charge in [-0.3, -0.25) is 4.98 Å². The van der Waals surface area contributed by atoms with Crippen LogP contribution in [0.2, 0.25) is 0 Å². The van der Waals surface area contributed by atoms with E-state index in [4.69, 9.17) is 0 Å². The molecular weight excluding hydrogens is 236 g/mol. The number of aromatic amines is 1.